The van der Waals surface area contributed by atoms with Crippen LogP contribution in [0.4, 0.5) is 0 Å². The standard InChI is InChI=1S/C4H5NO2/c1-4(2-7-4)5-3-6/h2H2,1H3. The Kier molecular flexibility index (Phi) is 0.741. The minimum absolute atomic E-state index is 0.498. The predicted molar refractivity (Wildman–Crippen MR) is 22.5 cm³/mol. The third-order valence-electron chi connectivity index (χ3n) is 0.844. The van der Waals surface area contributed by atoms with Crippen molar-refractivity contribution in [2.24, 2.45) is 4.99 Å². The number of ether oxygens (including phenoxy) is 1. The van der Waals surface area contributed by atoms with Gasteiger partial charge in [0.2, 0.25) is 6.08 Å². The first-order valence-corrected chi connectivity index (χ1v) is 2.00. The van der Waals surface area contributed by atoms with Crippen molar-refractivity contribution in [1.29, 1.82) is 0 Å². The molecule has 38 valence electrons. The Labute approximate surface area is 41.0 Å². The van der Waals surface area contributed by atoms with Crippen molar-refractivity contribution >= 4 is 6.08 Å². The second-order valence-corrected chi connectivity index (χ2v) is 1.67. The summed E-state index contributed by atoms with van der Waals surface area (Å²) in [4.78, 5) is 12.8. The predicted octanol–water partition coefficient (Wildman–Crippen LogP) is 0.0686. The maximum Gasteiger partial charge on any atom is 0.238 e. The minimum atomic E-state index is -0.498. The number of rotatable bonds is 1. The van der Waals surface area contributed by atoms with Crippen LogP contribution < -0.4 is 0 Å². The zero-order valence-corrected chi connectivity index (χ0v) is 3.97. The highest BCUT2D eigenvalue weighted by Crippen LogP contribution is 2.25. The van der Waals surface area contributed by atoms with E-state index in [2.05, 4.69) is 4.99 Å². The Morgan fingerprint density at radius 1 is 2.00 bits per heavy atom. The molecule has 0 radical (unpaired) electrons. The number of hydrogen-bond donors (Lipinski definition) is 0. The summed E-state index contributed by atoms with van der Waals surface area (Å²) in [5.41, 5.74) is -0.498. The molecule has 0 spiro atoms. The molecule has 0 N–H and O–H groups in total. The van der Waals surface area contributed by atoms with Gasteiger partial charge in [0.05, 0.1) is 6.61 Å². The zero-order valence-electron chi connectivity index (χ0n) is 3.97. The van der Waals surface area contributed by atoms with E-state index in [4.69, 9.17) is 4.74 Å². The summed E-state index contributed by atoms with van der Waals surface area (Å²) in [6.45, 7) is 2.29. The SMILES string of the molecule is CC1(N=C=O)CO1. The van der Waals surface area contributed by atoms with Crippen LogP contribution in [0.5, 0.6) is 0 Å². The van der Waals surface area contributed by atoms with Crippen LogP contribution in [0.25, 0.3) is 0 Å². The Morgan fingerprint density at radius 3 is 2.71 bits per heavy atom. The highest BCUT2D eigenvalue weighted by atomic mass is 16.6. The van der Waals surface area contributed by atoms with Gasteiger partial charge in [-0.2, -0.15) is 4.99 Å². The molecular weight excluding hydrogens is 94.0 g/mol. The van der Waals surface area contributed by atoms with Crippen LogP contribution in [0.1, 0.15) is 6.92 Å². The molecule has 1 aliphatic heterocycles. The molecule has 0 aromatic heterocycles. The van der Waals surface area contributed by atoms with E-state index in [0.717, 1.165) is 0 Å². The van der Waals surface area contributed by atoms with E-state index in [9.17, 15) is 4.79 Å². The maximum atomic E-state index is 9.49. The van der Waals surface area contributed by atoms with Gasteiger partial charge in [0.15, 0.2) is 5.72 Å². The second-order valence-electron chi connectivity index (χ2n) is 1.67. The van der Waals surface area contributed by atoms with E-state index >= 15 is 0 Å². The fraction of sp³-hybridized carbons (Fsp3) is 0.750. The lowest BCUT2D eigenvalue weighted by Crippen LogP contribution is -1.95. The number of hydrogen-bond acceptors (Lipinski definition) is 3. The summed E-state index contributed by atoms with van der Waals surface area (Å²) in [5, 5.41) is 0. The monoisotopic (exact) mass is 99.0 g/mol. The molecule has 0 amide bonds. The molecule has 1 rings (SSSR count). The molecular formula is C4H5NO2. The number of nitrogens with zero attached hydrogens (tertiary/aromatic N) is 1. The van der Waals surface area contributed by atoms with Gasteiger partial charge in [-0.3, -0.25) is 0 Å². The topological polar surface area (TPSA) is 42.0 Å². The fourth-order valence-electron chi connectivity index (χ4n) is 0.266. The van der Waals surface area contributed by atoms with E-state index in [1.165, 1.54) is 6.08 Å². The summed E-state index contributed by atoms with van der Waals surface area (Å²) < 4.78 is 4.71. The molecule has 1 heterocycles. The van der Waals surface area contributed by atoms with E-state index in [1.54, 1.807) is 6.92 Å². The van der Waals surface area contributed by atoms with Gasteiger partial charge >= 0.3 is 0 Å². The summed E-state index contributed by atoms with van der Waals surface area (Å²) in [6.07, 6.45) is 1.42. The van der Waals surface area contributed by atoms with Gasteiger partial charge in [0, 0.05) is 0 Å². The third kappa shape index (κ3) is 0.856. The van der Waals surface area contributed by atoms with E-state index < -0.39 is 5.72 Å². The molecule has 7 heavy (non-hydrogen) atoms. The van der Waals surface area contributed by atoms with Gasteiger partial charge in [0.25, 0.3) is 0 Å². The smallest absolute Gasteiger partial charge is 0.238 e. The molecule has 0 aromatic carbocycles. The lowest BCUT2D eigenvalue weighted by molar-refractivity contribution is 0.332. The summed E-state index contributed by atoms with van der Waals surface area (Å²) in [7, 11) is 0. The van der Waals surface area contributed by atoms with Crippen LogP contribution in [0.3, 0.4) is 0 Å². The number of carbonyl (C=O) groups excluding carboxylic acids is 1. The van der Waals surface area contributed by atoms with Crippen molar-refractivity contribution < 1.29 is 9.53 Å². The van der Waals surface area contributed by atoms with Crippen molar-refractivity contribution in [1.82, 2.24) is 0 Å². The minimum Gasteiger partial charge on any atom is -0.346 e. The Hall–Kier alpha value is -0.660. The fourth-order valence-corrected chi connectivity index (χ4v) is 0.266. The normalized spacial score (nSPS) is 36.7. The van der Waals surface area contributed by atoms with Crippen molar-refractivity contribution in [2.75, 3.05) is 6.61 Å². The first-order valence-electron chi connectivity index (χ1n) is 2.00. The van der Waals surface area contributed by atoms with Crippen molar-refractivity contribution in [3.05, 3.63) is 0 Å². The molecule has 1 unspecified atom stereocenters. The van der Waals surface area contributed by atoms with Crippen LogP contribution >= 0.6 is 0 Å². The summed E-state index contributed by atoms with van der Waals surface area (Å²) in [6, 6.07) is 0. The first kappa shape index (κ1) is 4.50. The van der Waals surface area contributed by atoms with Gasteiger partial charge in [-0.05, 0) is 6.92 Å². The average Bonchev–Trinajstić information content (AvgIpc) is 2.22. The number of epoxide rings is 1. The van der Waals surface area contributed by atoms with Crippen LogP contribution in [0.2, 0.25) is 0 Å². The maximum absolute atomic E-state index is 9.49. The highest BCUT2D eigenvalue weighted by Gasteiger charge is 2.39. The molecule has 1 aliphatic rings. The lowest BCUT2D eigenvalue weighted by atomic mass is 10.4. The molecule has 0 aliphatic carbocycles. The highest BCUT2D eigenvalue weighted by molar-refractivity contribution is 5.34. The van der Waals surface area contributed by atoms with Crippen LogP contribution in [0.15, 0.2) is 4.99 Å². The van der Waals surface area contributed by atoms with Crippen LogP contribution in [-0.2, 0) is 9.53 Å². The largest absolute Gasteiger partial charge is 0.346 e. The van der Waals surface area contributed by atoms with E-state index in [1.807, 2.05) is 0 Å². The molecule has 0 bridgehead atoms. The van der Waals surface area contributed by atoms with Crippen LogP contribution in [0, 0.1) is 0 Å². The zero-order chi connectivity index (χ0) is 5.33. The van der Waals surface area contributed by atoms with Gasteiger partial charge in [-0.25, -0.2) is 4.79 Å². The second kappa shape index (κ2) is 1.15. The first-order chi connectivity index (χ1) is 3.27. The van der Waals surface area contributed by atoms with Crippen molar-refractivity contribution in [3.63, 3.8) is 0 Å². The third-order valence-corrected chi connectivity index (χ3v) is 0.844. The van der Waals surface area contributed by atoms with E-state index in [-0.39, 0.29) is 0 Å². The molecule has 3 nitrogen and oxygen atoms in total. The molecule has 0 saturated carbocycles. The molecule has 0 aromatic rings. The Morgan fingerprint density at radius 2 is 2.57 bits per heavy atom. The Bertz CT molecular complexity index is 122. The lowest BCUT2D eigenvalue weighted by Gasteiger charge is -1.83. The van der Waals surface area contributed by atoms with Crippen molar-refractivity contribution in [2.45, 2.75) is 12.6 Å². The van der Waals surface area contributed by atoms with E-state index in [0.29, 0.717) is 6.61 Å². The molecule has 3 heteroatoms. The molecule has 1 saturated heterocycles. The summed E-state index contributed by atoms with van der Waals surface area (Å²) >= 11 is 0. The summed E-state index contributed by atoms with van der Waals surface area (Å²) in [5.74, 6) is 0. The number of aliphatic imine (C=N–C) groups is 1. The van der Waals surface area contributed by atoms with Crippen LogP contribution in [-0.4, -0.2) is 18.4 Å². The molecule has 1 atom stereocenters. The average molecular weight is 99.1 g/mol. The van der Waals surface area contributed by atoms with Gasteiger partial charge in [-0.1, -0.05) is 0 Å². The van der Waals surface area contributed by atoms with Crippen molar-refractivity contribution in [3.8, 4) is 0 Å². The Balaban J connectivity index is 2.55. The quantitative estimate of drug-likeness (QED) is 0.265. The van der Waals surface area contributed by atoms with Gasteiger partial charge < -0.3 is 4.74 Å². The van der Waals surface area contributed by atoms with Gasteiger partial charge in [-0.15, -0.1) is 0 Å². The molecule has 1 fully saturated rings. The van der Waals surface area contributed by atoms with Gasteiger partial charge in [0.1, 0.15) is 0 Å². The number of isocyanates is 1.